The van der Waals surface area contributed by atoms with E-state index in [0.29, 0.717) is 0 Å². The van der Waals surface area contributed by atoms with Crippen molar-refractivity contribution >= 4 is 34.0 Å². The zero-order valence-electron chi connectivity index (χ0n) is 12.3. The molecule has 1 saturated heterocycles. The van der Waals surface area contributed by atoms with Crippen molar-refractivity contribution in [1.82, 2.24) is 9.47 Å². The van der Waals surface area contributed by atoms with Gasteiger partial charge in [-0.25, -0.2) is 0 Å². The Labute approximate surface area is 136 Å². The van der Waals surface area contributed by atoms with E-state index in [1.807, 2.05) is 22.8 Å². The van der Waals surface area contributed by atoms with Crippen LogP contribution >= 0.6 is 23.7 Å². The number of fused-ring (bicyclic) bond motifs is 1. The molecule has 0 aliphatic carbocycles. The van der Waals surface area contributed by atoms with E-state index in [1.54, 1.807) is 0 Å². The van der Waals surface area contributed by atoms with Gasteiger partial charge in [0.25, 0.3) is 0 Å². The molecule has 116 valence electrons. The van der Waals surface area contributed by atoms with Crippen molar-refractivity contribution < 1.29 is 0 Å². The van der Waals surface area contributed by atoms with Crippen molar-refractivity contribution in [2.24, 2.45) is 0 Å². The highest BCUT2D eigenvalue weighted by molar-refractivity contribution is 7.16. The summed E-state index contributed by atoms with van der Waals surface area (Å²) in [5.74, 6) is 0. The molecule has 2 aromatic rings. The zero-order valence-corrected chi connectivity index (χ0v) is 13.9. The maximum absolute atomic E-state index is 12.0. The van der Waals surface area contributed by atoms with Gasteiger partial charge in [-0.1, -0.05) is 36.3 Å². The highest BCUT2D eigenvalue weighted by Gasteiger charge is 2.10. The Morgan fingerprint density at radius 3 is 2.48 bits per heavy atom. The molecule has 1 aliphatic rings. The third-order valence-corrected chi connectivity index (χ3v) is 5.09. The molecular formula is C16H23ClN2OS. The van der Waals surface area contributed by atoms with Gasteiger partial charge in [-0.05, 0) is 51.0 Å². The average molecular weight is 327 g/mol. The summed E-state index contributed by atoms with van der Waals surface area (Å²) in [5.41, 5.74) is 1.10. The predicted octanol–water partition coefficient (Wildman–Crippen LogP) is 3.75. The number of rotatable bonds is 4. The number of thiazole rings is 1. The fourth-order valence-corrected chi connectivity index (χ4v) is 3.96. The van der Waals surface area contributed by atoms with Crippen LogP contribution in [0, 0.1) is 0 Å². The van der Waals surface area contributed by atoms with Crippen molar-refractivity contribution in [1.29, 1.82) is 0 Å². The molecule has 3 nitrogen and oxygen atoms in total. The second-order valence-corrected chi connectivity index (χ2v) is 6.59. The molecule has 1 aromatic carbocycles. The van der Waals surface area contributed by atoms with Gasteiger partial charge < -0.3 is 4.90 Å². The van der Waals surface area contributed by atoms with Gasteiger partial charge in [-0.3, -0.25) is 9.36 Å². The van der Waals surface area contributed by atoms with Crippen molar-refractivity contribution in [2.45, 2.75) is 38.6 Å². The second kappa shape index (κ2) is 7.97. The number of aromatic nitrogens is 1. The molecule has 0 radical (unpaired) electrons. The van der Waals surface area contributed by atoms with Crippen molar-refractivity contribution in [3.8, 4) is 0 Å². The first-order valence-corrected chi connectivity index (χ1v) is 8.47. The van der Waals surface area contributed by atoms with E-state index in [2.05, 4.69) is 11.0 Å². The Morgan fingerprint density at radius 2 is 1.71 bits per heavy atom. The highest BCUT2D eigenvalue weighted by atomic mass is 35.5. The first-order valence-electron chi connectivity index (χ1n) is 7.65. The Bertz CT molecular complexity index is 614. The van der Waals surface area contributed by atoms with E-state index < -0.39 is 0 Å². The van der Waals surface area contributed by atoms with Crippen LogP contribution in [0.3, 0.4) is 0 Å². The number of hydrogen-bond acceptors (Lipinski definition) is 3. The van der Waals surface area contributed by atoms with Gasteiger partial charge in [0.05, 0.1) is 10.2 Å². The summed E-state index contributed by atoms with van der Waals surface area (Å²) in [6.07, 6.45) is 6.50. The van der Waals surface area contributed by atoms with Crippen LogP contribution in [-0.4, -0.2) is 29.1 Å². The highest BCUT2D eigenvalue weighted by Crippen LogP contribution is 2.17. The van der Waals surface area contributed by atoms with E-state index in [-0.39, 0.29) is 17.3 Å². The molecule has 5 heteroatoms. The fourth-order valence-electron chi connectivity index (χ4n) is 3.04. The van der Waals surface area contributed by atoms with Crippen LogP contribution in [0.5, 0.6) is 0 Å². The summed E-state index contributed by atoms with van der Waals surface area (Å²) < 4.78 is 3.05. The SMILES string of the molecule is Cl.O=c1sc2ccccc2n1CCCN1CCCCCC1. The standard InChI is InChI=1S/C16H22N2OS.ClH/c19-16-18(14-8-3-4-9-15(14)20-16)13-7-12-17-10-5-1-2-6-11-17;/h3-4,8-9H,1-2,5-7,10-13H2;1H. The van der Waals surface area contributed by atoms with Gasteiger partial charge in [-0.15, -0.1) is 12.4 Å². The second-order valence-electron chi connectivity index (χ2n) is 5.60. The Morgan fingerprint density at radius 1 is 1.00 bits per heavy atom. The zero-order chi connectivity index (χ0) is 13.8. The fraction of sp³-hybridized carbons (Fsp3) is 0.562. The summed E-state index contributed by atoms with van der Waals surface area (Å²) in [6.45, 7) is 4.44. The van der Waals surface area contributed by atoms with Crippen molar-refractivity contribution in [3.05, 3.63) is 33.9 Å². The molecular weight excluding hydrogens is 304 g/mol. The third kappa shape index (κ3) is 4.09. The van der Waals surface area contributed by atoms with Crippen LogP contribution in [0.15, 0.2) is 29.1 Å². The van der Waals surface area contributed by atoms with Gasteiger partial charge in [-0.2, -0.15) is 0 Å². The molecule has 0 unspecified atom stereocenters. The van der Waals surface area contributed by atoms with Gasteiger partial charge in [0.15, 0.2) is 0 Å². The Balaban J connectivity index is 0.00000161. The van der Waals surface area contributed by atoms with E-state index in [9.17, 15) is 4.79 Å². The largest absolute Gasteiger partial charge is 0.308 e. The van der Waals surface area contributed by atoms with E-state index in [0.717, 1.165) is 29.7 Å². The minimum atomic E-state index is 0. The third-order valence-electron chi connectivity index (χ3n) is 4.13. The summed E-state index contributed by atoms with van der Waals surface area (Å²) >= 11 is 1.36. The van der Waals surface area contributed by atoms with E-state index in [1.165, 1.54) is 50.1 Å². The lowest BCUT2D eigenvalue weighted by molar-refractivity contribution is 0.276. The lowest BCUT2D eigenvalue weighted by atomic mass is 10.2. The summed E-state index contributed by atoms with van der Waals surface area (Å²) in [6, 6.07) is 8.10. The van der Waals surface area contributed by atoms with Gasteiger partial charge >= 0.3 is 4.87 Å². The number of aryl methyl sites for hydroxylation is 1. The van der Waals surface area contributed by atoms with Gasteiger partial charge in [0.1, 0.15) is 0 Å². The van der Waals surface area contributed by atoms with Crippen LogP contribution in [0.4, 0.5) is 0 Å². The number of benzene rings is 1. The van der Waals surface area contributed by atoms with Crippen molar-refractivity contribution in [3.63, 3.8) is 0 Å². The maximum atomic E-state index is 12.0. The molecule has 0 spiro atoms. The lowest BCUT2D eigenvalue weighted by Crippen LogP contribution is -2.27. The molecule has 2 heterocycles. The summed E-state index contributed by atoms with van der Waals surface area (Å²) in [5, 5.41) is 0. The molecule has 1 fully saturated rings. The van der Waals surface area contributed by atoms with E-state index >= 15 is 0 Å². The molecule has 1 aliphatic heterocycles. The van der Waals surface area contributed by atoms with E-state index in [4.69, 9.17) is 0 Å². The normalized spacial score (nSPS) is 16.6. The number of hydrogen-bond donors (Lipinski definition) is 0. The van der Waals surface area contributed by atoms with Crippen LogP contribution in [0.25, 0.3) is 10.2 Å². The molecule has 21 heavy (non-hydrogen) atoms. The van der Waals surface area contributed by atoms with Crippen molar-refractivity contribution in [2.75, 3.05) is 19.6 Å². The molecule has 0 atom stereocenters. The topological polar surface area (TPSA) is 25.2 Å². The number of likely N-dealkylation sites (tertiary alicyclic amines) is 1. The smallest absolute Gasteiger partial charge is 0.303 e. The minimum Gasteiger partial charge on any atom is -0.303 e. The van der Waals surface area contributed by atoms with Crippen LogP contribution in [-0.2, 0) is 6.54 Å². The number of nitrogens with zero attached hydrogens (tertiary/aromatic N) is 2. The van der Waals surface area contributed by atoms with Crippen LogP contribution < -0.4 is 4.87 Å². The molecule has 0 bridgehead atoms. The molecule has 0 amide bonds. The predicted molar refractivity (Wildman–Crippen MR) is 92.9 cm³/mol. The molecule has 1 aromatic heterocycles. The minimum absolute atomic E-state index is 0. The summed E-state index contributed by atoms with van der Waals surface area (Å²) in [4.78, 5) is 14.8. The summed E-state index contributed by atoms with van der Waals surface area (Å²) in [7, 11) is 0. The molecule has 0 N–H and O–H groups in total. The Hall–Kier alpha value is -0.840. The number of halogens is 1. The molecule has 0 saturated carbocycles. The quantitative estimate of drug-likeness (QED) is 0.855. The van der Waals surface area contributed by atoms with Crippen LogP contribution in [0.1, 0.15) is 32.1 Å². The van der Waals surface area contributed by atoms with Gasteiger partial charge in [0.2, 0.25) is 0 Å². The van der Waals surface area contributed by atoms with Gasteiger partial charge in [0, 0.05) is 6.54 Å². The average Bonchev–Trinajstić information content (AvgIpc) is 2.65. The first kappa shape index (κ1) is 16.5. The lowest BCUT2D eigenvalue weighted by Gasteiger charge is -2.19. The Kier molecular flexibility index (Phi) is 6.27. The maximum Gasteiger partial charge on any atom is 0.308 e. The number of para-hydroxylation sites is 1. The van der Waals surface area contributed by atoms with Crippen LogP contribution in [0.2, 0.25) is 0 Å². The molecule has 3 rings (SSSR count). The first-order chi connectivity index (χ1) is 9.84. The monoisotopic (exact) mass is 326 g/mol.